The minimum atomic E-state index is -0.652. The van der Waals surface area contributed by atoms with Crippen molar-refractivity contribution in [3.63, 3.8) is 0 Å². The number of phenolic OH excluding ortho intramolecular Hbond substituents is 1. The number of nitriles is 1. The lowest BCUT2D eigenvalue weighted by molar-refractivity contribution is -0.118. The fourth-order valence-corrected chi connectivity index (χ4v) is 3.14. The highest BCUT2D eigenvalue weighted by molar-refractivity contribution is 6.01. The SMILES string of the molecule is CC1(C)CC(=O)C2=C(C1)O[C@@H](c1ccc(O)cc1)C(C#N)=C2N. The molecule has 2 aliphatic rings. The molecule has 1 aliphatic carbocycles. The molecule has 0 amide bonds. The van der Waals surface area contributed by atoms with E-state index in [1.165, 1.54) is 12.1 Å². The van der Waals surface area contributed by atoms with Gasteiger partial charge in [-0.1, -0.05) is 26.0 Å². The Morgan fingerprint density at radius 1 is 1.30 bits per heavy atom. The van der Waals surface area contributed by atoms with Crippen LogP contribution in [0.1, 0.15) is 38.4 Å². The normalized spacial score (nSPS) is 23.2. The topological polar surface area (TPSA) is 96.3 Å². The monoisotopic (exact) mass is 310 g/mol. The minimum Gasteiger partial charge on any atom is -0.508 e. The van der Waals surface area contributed by atoms with Crippen molar-refractivity contribution in [2.24, 2.45) is 11.1 Å². The van der Waals surface area contributed by atoms with Gasteiger partial charge in [0.2, 0.25) is 0 Å². The van der Waals surface area contributed by atoms with E-state index in [9.17, 15) is 15.2 Å². The maximum absolute atomic E-state index is 12.4. The van der Waals surface area contributed by atoms with Crippen LogP contribution in [0.3, 0.4) is 0 Å². The number of ether oxygens (including phenoxy) is 1. The van der Waals surface area contributed by atoms with Gasteiger partial charge in [-0.05, 0) is 23.1 Å². The first kappa shape index (κ1) is 15.2. The number of carbonyl (C=O) groups is 1. The second-order valence-corrected chi connectivity index (χ2v) is 6.77. The molecule has 0 aromatic heterocycles. The lowest BCUT2D eigenvalue weighted by Gasteiger charge is -2.37. The second kappa shape index (κ2) is 5.17. The molecule has 1 aromatic rings. The molecule has 5 heteroatoms. The van der Waals surface area contributed by atoms with Crippen LogP contribution in [0.2, 0.25) is 0 Å². The number of Topliss-reactive ketones (excluding diaryl/α,β-unsaturated/α-hetero) is 1. The number of carbonyl (C=O) groups excluding carboxylic acids is 1. The Labute approximate surface area is 134 Å². The van der Waals surface area contributed by atoms with Gasteiger partial charge < -0.3 is 15.6 Å². The van der Waals surface area contributed by atoms with Crippen molar-refractivity contribution < 1.29 is 14.6 Å². The number of allylic oxidation sites excluding steroid dienone is 2. The summed E-state index contributed by atoms with van der Waals surface area (Å²) in [5.74, 6) is 0.611. The molecule has 1 heterocycles. The van der Waals surface area contributed by atoms with Crippen molar-refractivity contribution in [3.8, 4) is 11.8 Å². The van der Waals surface area contributed by atoms with Crippen molar-refractivity contribution in [3.05, 3.63) is 52.4 Å². The largest absolute Gasteiger partial charge is 0.508 e. The van der Waals surface area contributed by atoms with Crippen LogP contribution >= 0.6 is 0 Å². The molecule has 3 N–H and O–H groups in total. The van der Waals surface area contributed by atoms with E-state index < -0.39 is 6.10 Å². The number of rotatable bonds is 1. The van der Waals surface area contributed by atoms with E-state index in [4.69, 9.17) is 10.5 Å². The van der Waals surface area contributed by atoms with E-state index in [1.54, 1.807) is 12.1 Å². The summed E-state index contributed by atoms with van der Waals surface area (Å²) < 4.78 is 6.01. The zero-order chi connectivity index (χ0) is 16.8. The van der Waals surface area contributed by atoms with Crippen LogP contribution in [-0.4, -0.2) is 10.9 Å². The summed E-state index contributed by atoms with van der Waals surface area (Å²) in [6.45, 7) is 4.01. The lowest BCUT2D eigenvalue weighted by atomic mass is 9.74. The van der Waals surface area contributed by atoms with Gasteiger partial charge >= 0.3 is 0 Å². The summed E-state index contributed by atoms with van der Waals surface area (Å²) in [5.41, 5.74) is 7.46. The molecule has 0 spiro atoms. The van der Waals surface area contributed by atoms with Crippen LogP contribution in [-0.2, 0) is 9.53 Å². The van der Waals surface area contributed by atoms with E-state index in [1.807, 2.05) is 13.8 Å². The fourth-order valence-electron chi connectivity index (χ4n) is 3.14. The molecular weight excluding hydrogens is 292 g/mol. The molecule has 3 rings (SSSR count). The highest BCUT2D eigenvalue weighted by Gasteiger charge is 2.41. The molecule has 1 aliphatic heterocycles. The zero-order valence-corrected chi connectivity index (χ0v) is 13.1. The average molecular weight is 310 g/mol. The van der Waals surface area contributed by atoms with Crippen LogP contribution in [0.4, 0.5) is 0 Å². The van der Waals surface area contributed by atoms with E-state index in [0.29, 0.717) is 29.7 Å². The van der Waals surface area contributed by atoms with Crippen molar-refractivity contribution in [1.82, 2.24) is 0 Å². The molecule has 118 valence electrons. The molecule has 1 aromatic carbocycles. The first-order valence-corrected chi connectivity index (χ1v) is 7.44. The number of nitrogens with two attached hydrogens (primary N) is 1. The average Bonchev–Trinajstić information content (AvgIpc) is 2.45. The van der Waals surface area contributed by atoms with Gasteiger partial charge in [0.05, 0.1) is 16.8 Å². The highest BCUT2D eigenvalue weighted by Crippen LogP contribution is 2.45. The molecule has 0 fully saturated rings. The van der Waals surface area contributed by atoms with Crippen LogP contribution in [0.5, 0.6) is 5.75 Å². The summed E-state index contributed by atoms with van der Waals surface area (Å²) in [6, 6.07) is 8.51. The standard InChI is InChI=1S/C18H18N2O3/c1-18(2)7-13(22)15-14(8-18)23-17(12(9-19)16(15)20)10-3-5-11(21)6-4-10/h3-6,17,21H,7-8,20H2,1-2H3/t17-/m0/s1. The summed E-state index contributed by atoms with van der Waals surface area (Å²) in [7, 11) is 0. The van der Waals surface area contributed by atoms with Crippen LogP contribution in [0.25, 0.3) is 0 Å². The second-order valence-electron chi connectivity index (χ2n) is 6.77. The van der Waals surface area contributed by atoms with Gasteiger partial charge in [0, 0.05) is 12.8 Å². The Balaban J connectivity index is 2.09. The quantitative estimate of drug-likeness (QED) is 0.831. The first-order chi connectivity index (χ1) is 10.8. The van der Waals surface area contributed by atoms with Gasteiger partial charge in [0.1, 0.15) is 17.6 Å². The first-order valence-electron chi connectivity index (χ1n) is 7.44. The molecule has 5 nitrogen and oxygen atoms in total. The van der Waals surface area contributed by atoms with Crippen molar-refractivity contribution in [1.29, 1.82) is 5.26 Å². The van der Waals surface area contributed by atoms with Gasteiger partial charge in [-0.2, -0.15) is 5.26 Å². The van der Waals surface area contributed by atoms with Crippen LogP contribution in [0.15, 0.2) is 46.9 Å². The predicted molar refractivity (Wildman–Crippen MR) is 83.8 cm³/mol. The van der Waals surface area contributed by atoms with E-state index >= 15 is 0 Å². The maximum Gasteiger partial charge on any atom is 0.168 e. The predicted octanol–water partition coefficient (Wildman–Crippen LogP) is 2.84. The van der Waals surface area contributed by atoms with Gasteiger partial charge in [-0.15, -0.1) is 0 Å². The number of hydrogen-bond acceptors (Lipinski definition) is 5. The Kier molecular flexibility index (Phi) is 3.41. The van der Waals surface area contributed by atoms with Crippen LogP contribution in [0, 0.1) is 16.7 Å². The lowest BCUT2D eigenvalue weighted by Crippen LogP contribution is -2.33. The van der Waals surface area contributed by atoms with Crippen molar-refractivity contribution in [2.45, 2.75) is 32.8 Å². The molecule has 0 bridgehead atoms. The molecule has 0 saturated heterocycles. The van der Waals surface area contributed by atoms with E-state index in [-0.39, 0.29) is 28.2 Å². The number of ketones is 1. The van der Waals surface area contributed by atoms with Crippen LogP contribution < -0.4 is 5.73 Å². The van der Waals surface area contributed by atoms with Crippen molar-refractivity contribution >= 4 is 5.78 Å². The van der Waals surface area contributed by atoms with Gasteiger partial charge in [-0.25, -0.2) is 0 Å². The maximum atomic E-state index is 12.4. The summed E-state index contributed by atoms with van der Waals surface area (Å²) in [4.78, 5) is 12.4. The fraction of sp³-hybridized carbons (Fsp3) is 0.333. The zero-order valence-electron chi connectivity index (χ0n) is 13.1. The third kappa shape index (κ3) is 2.57. The molecular formula is C18H18N2O3. The summed E-state index contributed by atoms with van der Waals surface area (Å²) >= 11 is 0. The number of phenols is 1. The molecule has 0 saturated carbocycles. The van der Waals surface area contributed by atoms with E-state index in [2.05, 4.69) is 6.07 Å². The van der Waals surface area contributed by atoms with Gasteiger partial charge in [0.15, 0.2) is 11.9 Å². The van der Waals surface area contributed by atoms with Gasteiger partial charge in [0.25, 0.3) is 0 Å². The number of hydrogen-bond donors (Lipinski definition) is 2. The number of nitrogens with zero attached hydrogens (tertiary/aromatic N) is 1. The molecule has 0 unspecified atom stereocenters. The minimum absolute atomic E-state index is 0.0781. The third-order valence-electron chi connectivity index (χ3n) is 4.23. The Hall–Kier alpha value is -2.74. The molecule has 23 heavy (non-hydrogen) atoms. The van der Waals surface area contributed by atoms with E-state index in [0.717, 1.165) is 0 Å². The number of aromatic hydroxyl groups is 1. The smallest absolute Gasteiger partial charge is 0.168 e. The summed E-state index contributed by atoms with van der Waals surface area (Å²) in [6.07, 6.45) is 0.335. The Morgan fingerprint density at radius 3 is 2.57 bits per heavy atom. The number of benzene rings is 1. The summed E-state index contributed by atoms with van der Waals surface area (Å²) in [5, 5.41) is 18.9. The van der Waals surface area contributed by atoms with Gasteiger partial charge in [-0.3, -0.25) is 4.79 Å². The molecule has 1 atom stereocenters. The highest BCUT2D eigenvalue weighted by atomic mass is 16.5. The third-order valence-corrected chi connectivity index (χ3v) is 4.23. The Morgan fingerprint density at radius 2 is 1.96 bits per heavy atom. The Bertz CT molecular complexity index is 779. The van der Waals surface area contributed by atoms with Crippen molar-refractivity contribution in [2.75, 3.05) is 0 Å². The molecule has 0 radical (unpaired) electrons.